The van der Waals surface area contributed by atoms with Gasteiger partial charge in [0.1, 0.15) is 12.1 Å². The average molecular weight is 499 g/mol. The lowest BCUT2D eigenvalue weighted by molar-refractivity contribution is -0.142. The van der Waals surface area contributed by atoms with Crippen molar-refractivity contribution in [3.05, 3.63) is 108 Å². The van der Waals surface area contributed by atoms with Crippen LogP contribution < -0.4 is 16.4 Å². The van der Waals surface area contributed by atoms with Gasteiger partial charge in [-0.3, -0.25) is 9.59 Å². The summed E-state index contributed by atoms with van der Waals surface area (Å²) in [6, 6.07) is 23.1. The van der Waals surface area contributed by atoms with Gasteiger partial charge >= 0.3 is 5.97 Å². The van der Waals surface area contributed by atoms with Crippen molar-refractivity contribution in [2.75, 3.05) is 0 Å². The second-order valence-electron chi connectivity index (χ2n) is 9.01. The van der Waals surface area contributed by atoms with Crippen molar-refractivity contribution in [2.24, 2.45) is 5.73 Å². The lowest BCUT2D eigenvalue weighted by Crippen LogP contribution is -2.55. The van der Waals surface area contributed by atoms with E-state index in [0.29, 0.717) is 6.42 Å². The lowest BCUT2D eigenvalue weighted by atomic mass is 10.0. The molecule has 37 heavy (non-hydrogen) atoms. The topological polar surface area (TPSA) is 137 Å². The summed E-state index contributed by atoms with van der Waals surface area (Å²) in [6.45, 7) is 0. The Morgan fingerprint density at radius 2 is 1.30 bits per heavy atom. The van der Waals surface area contributed by atoms with Crippen molar-refractivity contribution < 1.29 is 19.5 Å². The number of benzene rings is 3. The molecule has 1 aromatic heterocycles. The molecule has 0 aliphatic rings. The number of carboxylic acid groups (broad SMARTS) is 1. The van der Waals surface area contributed by atoms with E-state index in [9.17, 15) is 19.5 Å². The van der Waals surface area contributed by atoms with E-state index in [-0.39, 0.29) is 12.8 Å². The normalized spacial score (nSPS) is 13.4. The third-order valence-corrected chi connectivity index (χ3v) is 6.26. The first kappa shape index (κ1) is 25.7. The van der Waals surface area contributed by atoms with Gasteiger partial charge in [0, 0.05) is 29.9 Å². The number of para-hydroxylation sites is 1. The van der Waals surface area contributed by atoms with Crippen LogP contribution in [0.1, 0.15) is 16.7 Å². The highest BCUT2D eigenvalue weighted by molar-refractivity contribution is 5.92. The van der Waals surface area contributed by atoms with Gasteiger partial charge in [0.2, 0.25) is 11.8 Å². The summed E-state index contributed by atoms with van der Waals surface area (Å²) in [5.41, 5.74) is 9.53. The molecule has 3 aromatic carbocycles. The maximum Gasteiger partial charge on any atom is 0.326 e. The van der Waals surface area contributed by atoms with Gasteiger partial charge < -0.3 is 26.5 Å². The third-order valence-electron chi connectivity index (χ3n) is 6.26. The maximum absolute atomic E-state index is 13.3. The number of aromatic nitrogens is 1. The number of aromatic amines is 1. The maximum atomic E-state index is 13.3. The first-order valence-corrected chi connectivity index (χ1v) is 12.1. The molecular formula is C29H30N4O4. The van der Waals surface area contributed by atoms with Crippen LogP contribution in [0.3, 0.4) is 0 Å². The molecule has 8 heteroatoms. The van der Waals surface area contributed by atoms with E-state index >= 15 is 0 Å². The number of fused-ring (bicyclic) bond motifs is 1. The first-order valence-electron chi connectivity index (χ1n) is 12.1. The van der Waals surface area contributed by atoms with Crippen LogP contribution in [0, 0.1) is 0 Å². The first-order chi connectivity index (χ1) is 17.9. The molecule has 0 saturated heterocycles. The van der Waals surface area contributed by atoms with Gasteiger partial charge in [-0.05, 0) is 29.2 Å². The van der Waals surface area contributed by atoms with Crippen molar-refractivity contribution in [2.45, 2.75) is 37.4 Å². The van der Waals surface area contributed by atoms with Gasteiger partial charge in [0.25, 0.3) is 0 Å². The van der Waals surface area contributed by atoms with Gasteiger partial charge in [0.05, 0.1) is 6.04 Å². The quantitative estimate of drug-likeness (QED) is 0.216. The Kier molecular flexibility index (Phi) is 8.33. The highest BCUT2D eigenvalue weighted by Crippen LogP contribution is 2.19. The number of H-pyrrole nitrogens is 1. The monoisotopic (exact) mass is 498 g/mol. The molecular weight excluding hydrogens is 468 g/mol. The minimum Gasteiger partial charge on any atom is -0.480 e. The van der Waals surface area contributed by atoms with Gasteiger partial charge in [-0.25, -0.2) is 4.79 Å². The van der Waals surface area contributed by atoms with Crippen molar-refractivity contribution in [1.29, 1.82) is 0 Å². The minimum absolute atomic E-state index is 0.0879. The van der Waals surface area contributed by atoms with Crippen LogP contribution in [0.4, 0.5) is 0 Å². The summed E-state index contributed by atoms with van der Waals surface area (Å²) in [6.07, 6.45) is 2.34. The SMILES string of the molecule is NC(Cc1ccccc1)C(=O)NC(Cc1ccccc1)C(=O)NC(Cc1c[nH]c2ccccc12)C(=O)O. The van der Waals surface area contributed by atoms with E-state index in [1.54, 1.807) is 6.20 Å². The molecule has 0 spiro atoms. The molecule has 0 fully saturated rings. The second-order valence-corrected chi connectivity index (χ2v) is 9.01. The Bertz CT molecular complexity index is 1350. The van der Waals surface area contributed by atoms with Gasteiger partial charge in [-0.2, -0.15) is 0 Å². The van der Waals surface area contributed by atoms with E-state index in [2.05, 4.69) is 15.6 Å². The largest absolute Gasteiger partial charge is 0.480 e. The number of nitrogens with two attached hydrogens (primary N) is 1. The summed E-state index contributed by atoms with van der Waals surface area (Å²) in [7, 11) is 0. The Morgan fingerprint density at radius 3 is 1.95 bits per heavy atom. The fraction of sp³-hybridized carbons (Fsp3) is 0.207. The number of carboxylic acids is 1. The second kappa shape index (κ2) is 12.0. The lowest BCUT2D eigenvalue weighted by Gasteiger charge is -2.23. The van der Waals surface area contributed by atoms with E-state index < -0.39 is 35.9 Å². The number of hydrogen-bond donors (Lipinski definition) is 5. The summed E-state index contributed by atoms with van der Waals surface area (Å²) in [5, 5.41) is 16.1. The molecule has 8 nitrogen and oxygen atoms in total. The van der Waals surface area contributed by atoms with Crippen LogP contribution in [-0.2, 0) is 33.6 Å². The van der Waals surface area contributed by atoms with Crippen molar-refractivity contribution in [3.63, 3.8) is 0 Å². The van der Waals surface area contributed by atoms with E-state index in [1.807, 2.05) is 84.9 Å². The Morgan fingerprint density at radius 1 is 0.730 bits per heavy atom. The van der Waals surface area contributed by atoms with Crippen LogP contribution in [0.2, 0.25) is 0 Å². The molecule has 2 amide bonds. The van der Waals surface area contributed by atoms with Gasteiger partial charge in [-0.1, -0.05) is 78.9 Å². The fourth-order valence-electron chi connectivity index (χ4n) is 4.29. The van der Waals surface area contributed by atoms with Gasteiger partial charge in [0.15, 0.2) is 0 Å². The molecule has 0 bridgehead atoms. The number of nitrogens with one attached hydrogen (secondary N) is 3. The standard InChI is InChI=1S/C29H30N4O4/c30-23(15-19-9-3-1-4-10-19)27(34)32-25(16-20-11-5-2-6-12-20)28(35)33-26(29(36)37)17-21-18-31-24-14-8-7-13-22(21)24/h1-14,18,23,25-26,31H,15-17,30H2,(H,32,34)(H,33,35)(H,36,37). The average Bonchev–Trinajstić information content (AvgIpc) is 3.31. The third kappa shape index (κ3) is 6.83. The molecule has 6 N–H and O–H groups in total. The van der Waals surface area contributed by atoms with Crippen molar-refractivity contribution in [3.8, 4) is 0 Å². The Balaban J connectivity index is 1.49. The number of rotatable bonds is 11. The number of carbonyl (C=O) groups is 3. The molecule has 0 aliphatic carbocycles. The molecule has 1 heterocycles. The van der Waals surface area contributed by atoms with E-state index in [0.717, 1.165) is 27.6 Å². The summed E-state index contributed by atoms with van der Waals surface area (Å²) in [5.74, 6) is -2.23. The molecule has 0 saturated carbocycles. The zero-order valence-corrected chi connectivity index (χ0v) is 20.3. The fourth-order valence-corrected chi connectivity index (χ4v) is 4.29. The van der Waals surface area contributed by atoms with Crippen LogP contribution in [0.15, 0.2) is 91.1 Å². The smallest absolute Gasteiger partial charge is 0.326 e. The molecule has 0 aliphatic heterocycles. The Labute approximate surface area is 214 Å². The molecule has 0 radical (unpaired) electrons. The van der Waals surface area contributed by atoms with Crippen molar-refractivity contribution in [1.82, 2.24) is 15.6 Å². The van der Waals surface area contributed by atoms with Crippen LogP contribution in [0.25, 0.3) is 10.9 Å². The molecule has 4 aromatic rings. The van der Waals surface area contributed by atoms with Crippen LogP contribution in [0.5, 0.6) is 0 Å². The highest BCUT2D eigenvalue weighted by atomic mass is 16.4. The van der Waals surface area contributed by atoms with E-state index in [1.165, 1.54) is 0 Å². The molecule has 3 atom stereocenters. The predicted molar refractivity (Wildman–Crippen MR) is 142 cm³/mol. The summed E-state index contributed by atoms with van der Waals surface area (Å²) >= 11 is 0. The minimum atomic E-state index is -1.18. The summed E-state index contributed by atoms with van der Waals surface area (Å²) in [4.78, 5) is 41.5. The molecule has 3 unspecified atom stereocenters. The van der Waals surface area contributed by atoms with Crippen LogP contribution >= 0.6 is 0 Å². The highest BCUT2D eigenvalue weighted by Gasteiger charge is 2.29. The van der Waals surface area contributed by atoms with E-state index in [4.69, 9.17) is 5.73 Å². The molecule has 190 valence electrons. The predicted octanol–water partition coefficient (Wildman–Crippen LogP) is 2.58. The zero-order chi connectivity index (χ0) is 26.2. The number of amides is 2. The number of carbonyl (C=O) groups excluding carboxylic acids is 2. The number of aliphatic carboxylic acids is 1. The number of hydrogen-bond acceptors (Lipinski definition) is 4. The molecule has 4 rings (SSSR count). The zero-order valence-electron chi connectivity index (χ0n) is 20.3. The van der Waals surface area contributed by atoms with Gasteiger partial charge in [-0.15, -0.1) is 0 Å². The van der Waals surface area contributed by atoms with Crippen molar-refractivity contribution >= 4 is 28.7 Å². The summed E-state index contributed by atoms with van der Waals surface area (Å²) < 4.78 is 0. The van der Waals surface area contributed by atoms with Crippen LogP contribution in [-0.4, -0.2) is 46.0 Å². The Hall–Kier alpha value is -4.43.